The number of likely N-dealkylation sites (tertiary alicyclic amines) is 1. The molecule has 0 spiro atoms. The molecule has 3 aliphatic heterocycles. The second-order valence-corrected chi connectivity index (χ2v) is 9.51. The van der Waals surface area contributed by atoms with Crippen LogP contribution in [-0.4, -0.2) is 64.7 Å². The van der Waals surface area contributed by atoms with Gasteiger partial charge >= 0.3 is 17.8 Å². The molecule has 0 saturated carbocycles. The number of hydroxylamine groups is 1. The number of benzene rings is 1. The number of carbonyl (C=O) groups is 1. The summed E-state index contributed by atoms with van der Waals surface area (Å²) in [6.45, 7) is 1.91. The van der Waals surface area contributed by atoms with Gasteiger partial charge in [0.1, 0.15) is 5.82 Å². The van der Waals surface area contributed by atoms with Gasteiger partial charge in [-0.15, -0.1) is 5.06 Å². The highest BCUT2D eigenvalue weighted by Crippen LogP contribution is 2.42. The Morgan fingerprint density at radius 2 is 1.81 bits per heavy atom. The van der Waals surface area contributed by atoms with E-state index in [1.807, 2.05) is 4.90 Å². The topological polar surface area (TPSA) is 92.1 Å². The molecule has 1 N–H and O–H groups in total. The summed E-state index contributed by atoms with van der Waals surface area (Å²) in [5.41, 5.74) is -0.831. The number of rotatable bonds is 5. The molecule has 1 aromatic carbocycles. The van der Waals surface area contributed by atoms with E-state index >= 15 is 0 Å². The SMILES string of the molecule is Cn1c2c(c(=O)n(C)c1=O)N(CCc1ccc(F)cc1)C(N1CCC3CNCC31)N2OC(=O)C(F)(F)F. The lowest BCUT2D eigenvalue weighted by atomic mass is 10.1. The molecule has 0 bridgehead atoms. The summed E-state index contributed by atoms with van der Waals surface area (Å²) in [6, 6.07) is 5.66. The van der Waals surface area contributed by atoms with Crippen molar-refractivity contribution in [3.63, 3.8) is 0 Å². The number of carbonyl (C=O) groups excluding carboxylic acids is 1. The minimum atomic E-state index is -5.30. The summed E-state index contributed by atoms with van der Waals surface area (Å²) in [5, 5.41) is 4.02. The van der Waals surface area contributed by atoms with E-state index in [1.54, 1.807) is 17.0 Å². The third-order valence-electron chi connectivity index (χ3n) is 7.35. The summed E-state index contributed by atoms with van der Waals surface area (Å²) in [7, 11) is 2.58. The Kier molecular flexibility index (Phi) is 6.26. The zero-order valence-corrected chi connectivity index (χ0v) is 20.2. The van der Waals surface area contributed by atoms with Crippen LogP contribution in [0, 0.1) is 11.7 Å². The fourth-order valence-corrected chi connectivity index (χ4v) is 5.51. The van der Waals surface area contributed by atoms with Gasteiger partial charge in [-0.3, -0.25) is 18.8 Å². The average molecular weight is 526 g/mol. The molecule has 37 heavy (non-hydrogen) atoms. The Morgan fingerprint density at radius 3 is 2.49 bits per heavy atom. The van der Waals surface area contributed by atoms with E-state index < -0.39 is 35.5 Å². The van der Waals surface area contributed by atoms with Gasteiger partial charge in [0.05, 0.1) is 0 Å². The molecule has 0 amide bonds. The Bertz CT molecular complexity index is 1320. The molecule has 0 radical (unpaired) electrons. The van der Waals surface area contributed by atoms with Crippen molar-refractivity contribution in [1.29, 1.82) is 0 Å². The lowest BCUT2D eigenvalue weighted by molar-refractivity contribution is -0.203. The number of hydrogen-bond acceptors (Lipinski definition) is 8. The largest absolute Gasteiger partial charge is 0.493 e. The van der Waals surface area contributed by atoms with Crippen molar-refractivity contribution >= 4 is 17.5 Å². The summed E-state index contributed by atoms with van der Waals surface area (Å²) >= 11 is 0. The van der Waals surface area contributed by atoms with Crippen molar-refractivity contribution in [3.8, 4) is 0 Å². The van der Waals surface area contributed by atoms with Crippen LogP contribution in [-0.2, 0) is 30.1 Å². The fourth-order valence-electron chi connectivity index (χ4n) is 5.51. The van der Waals surface area contributed by atoms with E-state index in [0.29, 0.717) is 19.5 Å². The molecule has 3 atom stereocenters. The van der Waals surface area contributed by atoms with Crippen molar-refractivity contribution in [2.45, 2.75) is 31.3 Å². The Labute approximate surface area is 208 Å². The van der Waals surface area contributed by atoms with Crippen LogP contribution < -0.4 is 26.5 Å². The molecular weight excluding hydrogens is 500 g/mol. The second kappa shape index (κ2) is 9.17. The molecule has 4 heterocycles. The van der Waals surface area contributed by atoms with Gasteiger partial charge in [-0.2, -0.15) is 13.2 Å². The first-order chi connectivity index (χ1) is 17.5. The molecule has 0 aliphatic carbocycles. The maximum Gasteiger partial charge on any atom is 0.493 e. The number of nitrogens with zero attached hydrogens (tertiary/aromatic N) is 5. The van der Waals surface area contributed by atoms with Crippen molar-refractivity contribution in [2.24, 2.45) is 20.0 Å². The van der Waals surface area contributed by atoms with Gasteiger partial charge < -0.3 is 15.1 Å². The highest BCUT2D eigenvalue weighted by Gasteiger charge is 2.53. The average Bonchev–Trinajstić information content (AvgIpc) is 3.54. The lowest BCUT2D eigenvalue weighted by Gasteiger charge is -2.39. The Morgan fingerprint density at radius 1 is 1.11 bits per heavy atom. The number of aromatic nitrogens is 2. The van der Waals surface area contributed by atoms with Crippen LogP contribution in [0.15, 0.2) is 33.9 Å². The smallest absolute Gasteiger partial charge is 0.328 e. The fraction of sp³-hybridized carbons (Fsp3) is 0.522. The maximum absolute atomic E-state index is 13.4. The summed E-state index contributed by atoms with van der Waals surface area (Å²) in [6.07, 6.45) is -5.33. The number of anilines is 2. The quantitative estimate of drug-likeness (QED) is 0.570. The van der Waals surface area contributed by atoms with E-state index in [4.69, 9.17) is 4.84 Å². The molecule has 2 fully saturated rings. The van der Waals surface area contributed by atoms with Crippen molar-refractivity contribution in [3.05, 3.63) is 56.5 Å². The van der Waals surface area contributed by atoms with Crippen LogP contribution in [0.2, 0.25) is 0 Å². The molecule has 3 aliphatic rings. The number of alkyl halides is 3. The van der Waals surface area contributed by atoms with Gasteiger partial charge in [0.2, 0.25) is 0 Å². The van der Waals surface area contributed by atoms with Crippen LogP contribution in [0.4, 0.5) is 29.1 Å². The van der Waals surface area contributed by atoms with Crippen molar-refractivity contribution < 1.29 is 27.2 Å². The van der Waals surface area contributed by atoms with Crippen molar-refractivity contribution in [2.75, 3.05) is 36.1 Å². The predicted molar refractivity (Wildman–Crippen MR) is 124 cm³/mol. The first kappa shape index (κ1) is 25.3. The summed E-state index contributed by atoms with van der Waals surface area (Å²) < 4.78 is 55.2. The van der Waals surface area contributed by atoms with Gasteiger partial charge in [-0.05, 0) is 43.0 Å². The third-order valence-corrected chi connectivity index (χ3v) is 7.35. The minimum Gasteiger partial charge on any atom is -0.328 e. The molecule has 200 valence electrons. The molecule has 5 rings (SSSR count). The highest BCUT2D eigenvalue weighted by atomic mass is 19.4. The van der Waals surface area contributed by atoms with E-state index in [-0.39, 0.29) is 30.0 Å². The van der Waals surface area contributed by atoms with Crippen LogP contribution in [0.1, 0.15) is 12.0 Å². The zero-order valence-electron chi connectivity index (χ0n) is 20.2. The van der Waals surface area contributed by atoms with Gasteiger partial charge in [0, 0.05) is 39.8 Å². The molecule has 10 nitrogen and oxygen atoms in total. The molecule has 14 heteroatoms. The van der Waals surface area contributed by atoms with E-state index in [1.165, 1.54) is 26.2 Å². The van der Waals surface area contributed by atoms with Gasteiger partial charge in [0.15, 0.2) is 17.8 Å². The van der Waals surface area contributed by atoms with Crippen LogP contribution in [0.3, 0.4) is 0 Å². The number of fused-ring (bicyclic) bond motifs is 2. The predicted octanol–water partition coefficient (Wildman–Crippen LogP) is 0.690. The van der Waals surface area contributed by atoms with Crippen LogP contribution in [0.5, 0.6) is 0 Å². The van der Waals surface area contributed by atoms with Gasteiger partial charge in [-0.25, -0.2) is 14.0 Å². The van der Waals surface area contributed by atoms with E-state index in [9.17, 15) is 31.9 Å². The highest BCUT2D eigenvalue weighted by molar-refractivity contribution is 5.80. The Balaban J connectivity index is 1.63. The molecule has 2 saturated heterocycles. The standard InChI is InChI=1S/C23H26F4N6O4/c1-29-18-17(19(34)30(2)22(29)36)32(9-7-13-3-5-15(24)6-4-13)21(33(18)37-20(35)23(25,26)27)31-10-8-14-11-28-12-16(14)31/h3-6,14,16,21,28H,7-12H2,1-2H3. The summed E-state index contributed by atoms with van der Waals surface area (Å²) in [4.78, 5) is 46.6. The van der Waals surface area contributed by atoms with E-state index in [0.717, 1.165) is 32.7 Å². The molecular formula is C23H26F4N6O4. The number of nitrogens with one attached hydrogen (secondary N) is 1. The monoisotopic (exact) mass is 526 g/mol. The Hall–Kier alpha value is -3.39. The van der Waals surface area contributed by atoms with E-state index in [2.05, 4.69) is 5.32 Å². The first-order valence-electron chi connectivity index (χ1n) is 11.8. The van der Waals surface area contributed by atoms with Crippen molar-refractivity contribution in [1.82, 2.24) is 19.4 Å². The van der Waals surface area contributed by atoms with Gasteiger partial charge in [0.25, 0.3) is 5.56 Å². The number of hydrogen-bond donors (Lipinski definition) is 1. The molecule has 2 aromatic rings. The third kappa shape index (κ3) is 4.27. The second-order valence-electron chi connectivity index (χ2n) is 9.51. The molecule has 1 aromatic heterocycles. The molecule has 3 unspecified atom stereocenters. The first-order valence-corrected chi connectivity index (χ1v) is 11.8. The minimum absolute atomic E-state index is 0.0545. The zero-order chi connectivity index (χ0) is 26.6. The summed E-state index contributed by atoms with van der Waals surface area (Å²) in [5.74, 6) is -2.88. The lowest BCUT2D eigenvalue weighted by Crippen LogP contribution is -2.59. The van der Waals surface area contributed by atoms with Crippen LogP contribution in [0.25, 0.3) is 0 Å². The van der Waals surface area contributed by atoms with Gasteiger partial charge in [-0.1, -0.05) is 12.1 Å². The maximum atomic E-state index is 13.4. The number of halogens is 4. The normalized spacial score (nSPS) is 23.5. The van der Waals surface area contributed by atoms with Crippen LogP contribution >= 0.6 is 0 Å².